The summed E-state index contributed by atoms with van der Waals surface area (Å²) in [7, 11) is -3.38. The van der Waals surface area contributed by atoms with Crippen molar-refractivity contribution in [3.63, 3.8) is 0 Å². The molecule has 2 aromatic carbocycles. The quantitative estimate of drug-likeness (QED) is 0.843. The Labute approximate surface area is 145 Å². The molecule has 1 heterocycles. The lowest BCUT2D eigenvalue weighted by Crippen LogP contribution is -2.39. The van der Waals surface area contributed by atoms with Crippen LogP contribution >= 0.6 is 0 Å². The Morgan fingerprint density at radius 1 is 1.00 bits per heavy atom. The van der Waals surface area contributed by atoms with Crippen LogP contribution in [0.5, 0.6) is 0 Å². The molecule has 0 radical (unpaired) electrons. The molecule has 2 aromatic rings. The molecule has 3 rings (SSSR count). The molecule has 1 aliphatic heterocycles. The van der Waals surface area contributed by atoms with Crippen molar-refractivity contribution < 1.29 is 8.42 Å². The lowest BCUT2D eigenvalue weighted by atomic mass is 9.91. The maximum absolute atomic E-state index is 13.0. The van der Waals surface area contributed by atoms with Crippen molar-refractivity contribution in [1.82, 2.24) is 4.31 Å². The van der Waals surface area contributed by atoms with Gasteiger partial charge in [0.05, 0.1) is 4.90 Å². The predicted molar refractivity (Wildman–Crippen MR) is 97.5 cm³/mol. The number of benzene rings is 2. The zero-order valence-corrected chi connectivity index (χ0v) is 15.2. The van der Waals surface area contributed by atoms with Crippen molar-refractivity contribution in [3.05, 3.63) is 65.2 Å². The number of nitrogens with zero attached hydrogens (tertiary/aromatic N) is 1. The van der Waals surface area contributed by atoms with E-state index in [0.29, 0.717) is 23.9 Å². The van der Waals surface area contributed by atoms with Crippen LogP contribution in [-0.2, 0) is 16.4 Å². The van der Waals surface area contributed by atoms with Gasteiger partial charge in [-0.1, -0.05) is 42.5 Å². The lowest BCUT2D eigenvalue weighted by molar-refractivity contribution is 0.272. The summed E-state index contributed by atoms with van der Waals surface area (Å²) in [5.41, 5.74) is 3.15. The molecule has 24 heavy (non-hydrogen) atoms. The van der Waals surface area contributed by atoms with Gasteiger partial charge in [-0.25, -0.2) is 8.42 Å². The molecule has 0 amide bonds. The van der Waals surface area contributed by atoms with Crippen molar-refractivity contribution in [2.75, 3.05) is 13.1 Å². The van der Waals surface area contributed by atoms with Gasteiger partial charge in [0.25, 0.3) is 0 Å². The van der Waals surface area contributed by atoms with Gasteiger partial charge in [0, 0.05) is 13.1 Å². The summed E-state index contributed by atoms with van der Waals surface area (Å²) in [6.07, 6.45) is 2.90. The highest BCUT2D eigenvalue weighted by Gasteiger charge is 2.30. The van der Waals surface area contributed by atoms with Crippen LogP contribution < -0.4 is 0 Å². The summed E-state index contributed by atoms with van der Waals surface area (Å²) in [5, 5.41) is 0. The first-order chi connectivity index (χ1) is 11.5. The van der Waals surface area contributed by atoms with Gasteiger partial charge in [-0.3, -0.25) is 0 Å². The van der Waals surface area contributed by atoms with E-state index in [-0.39, 0.29) is 0 Å². The van der Waals surface area contributed by atoms with Gasteiger partial charge >= 0.3 is 0 Å². The van der Waals surface area contributed by atoms with E-state index in [0.717, 1.165) is 30.4 Å². The van der Waals surface area contributed by atoms with E-state index in [1.165, 1.54) is 5.56 Å². The van der Waals surface area contributed by atoms with Crippen LogP contribution in [0, 0.1) is 19.8 Å². The van der Waals surface area contributed by atoms with Crippen LogP contribution in [0.15, 0.2) is 53.4 Å². The van der Waals surface area contributed by atoms with E-state index in [2.05, 4.69) is 24.3 Å². The maximum atomic E-state index is 13.0. The zero-order valence-electron chi connectivity index (χ0n) is 14.4. The van der Waals surface area contributed by atoms with Gasteiger partial charge in [0.1, 0.15) is 0 Å². The molecular weight excluding hydrogens is 318 g/mol. The molecule has 1 aliphatic rings. The van der Waals surface area contributed by atoms with Crippen LogP contribution in [0.3, 0.4) is 0 Å². The highest BCUT2D eigenvalue weighted by atomic mass is 32.2. The first-order valence-electron chi connectivity index (χ1n) is 8.58. The normalized spacial score (nSPS) is 17.1. The average molecular weight is 343 g/mol. The minimum atomic E-state index is -3.38. The number of hydrogen-bond acceptors (Lipinski definition) is 2. The molecular formula is C20H25NO2S. The summed E-state index contributed by atoms with van der Waals surface area (Å²) in [5.74, 6) is 0.567. The van der Waals surface area contributed by atoms with Gasteiger partial charge < -0.3 is 0 Å². The molecule has 0 aliphatic carbocycles. The Morgan fingerprint density at radius 2 is 1.67 bits per heavy atom. The van der Waals surface area contributed by atoms with Crippen molar-refractivity contribution in [3.8, 4) is 0 Å². The van der Waals surface area contributed by atoms with Crippen LogP contribution in [0.25, 0.3) is 0 Å². The maximum Gasteiger partial charge on any atom is 0.243 e. The molecule has 4 heteroatoms. The van der Waals surface area contributed by atoms with Crippen LogP contribution in [0.4, 0.5) is 0 Å². The molecule has 0 N–H and O–H groups in total. The summed E-state index contributed by atoms with van der Waals surface area (Å²) < 4.78 is 27.6. The Kier molecular flexibility index (Phi) is 5.07. The third-order valence-corrected chi connectivity index (χ3v) is 6.94. The van der Waals surface area contributed by atoms with Gasteiger partial charge in [-0.2, -0.15) is 4.31 Å². The average Bonchev–Trinajstić information content (AvgIpc) is 2.58. The topological polar surface area (TPSA) is 37.4 Å². The van der Waals surface area contributed by atoms with Crippen molar-refractivity contribution in [1.29, 1.82) is 0 Å². The molecule has 3 nitrogen and oxygen atoms in total. The minimum Gasteiger partial charge on any atom is -0.207 e. The summed E-state index contributed by atoms with van der Waals surface area (Å²) in [6, 6.07) is 16.1. The molecule has 0 bridgehead atoms. The van der Waals surface area contributed by atoms with Gasteiger partial charge in [0.15, 0.2) is 0 Å². The number of hydrogen-bond donors (Lipinski definition) is 0. The molecule has 0 atom stereocenters. The van der Waals surface area contributed by atoms with E-state index in [4.69, 9.17) is 0 Å². The second kappa shape index (κ2) is 7.08. The van der Waals surface area contributed by atoms with E-state index in [1.807, 2.05) is 32.0 Å². The van der Waals surface area contributed by atoms with Gasteiger partial charge in [-0.15, -0.1) is 0 Å². The number of sulfonamides is 1. The Balaban J connectivity index is 1.68. The largest absolute Gasteiger partial charge is 0.243 e. The van der Waals surface area contributed by atoms with Gasteiger partial charge in [0.2, 0.25) is 10.0 Å². The molecule has 0 aromatic heterocycles. The highest BCUT2D eigenvalue weighted by molar-refractivity contribution is 7.89. The fourth-order valence-corrected chi connectivity index (χ4v) is 5.20. The summed E-state index contributed by atoms with van der Waals surface area (Å²) >= 11 is 0. The van der Waals surface area contributed by atoms with Gasteiger partial charge in [-0.05, 0) is 61.8 Å². The molecule has 1 fully saturated rings. The second-order valence-corrected chi connectivity index (χ2v) is 8.71. The lowest BCUT2D eigenvalue weighted by Gasteiger charge is -2.31. The summed E-state index contributed by atoms with van der Waals surface area (Å²) in [6.45, 7) is 5.04. The van der Waals surface area contributed by atoms with E-state index in [1.54, 1.807) is 10.4 Å². The standard InChI is InChI=1S/C20H25NO2S/c1-16-8-9-17(2)20(14-16)24(22,23)21-12-10-19(11-13-21)15-18-6-4-3-5-7-18/h3-9,14,19H,10-13,15H2,1-2H3. The van der Waals surface area contributed by atoms with Crippen LogP contribution in [0.2, 0.25) is 0 Å². The number of rotatable bonds is 4. The van der Waals surface area contributed by atoms with Crippen molar-refractivity contribution >= 4 is 10.0 Å². The second-order valence-electron chi connectivity index (χ2n) is 6.81. The molecule has 0 saturated carbocycles. The predicted octanol–water partition coefficient (Wildman–Crippen LogP) is 3.95. The monoisotopic (exact) mass is 343 g/mol. The number of piperidine rings is 1. The molecule has 128 valence electrons. The van der Waals surface area contributed by atoms with E-state index in [9.17, 15) is 8.42 Å². The summed E-state index contributed by atoms with van der Waals surface area (Å²) in [4.78, 5) is 0.462. The van der Waals surface area contributed by atoms with E-state index >= 15 is 0 Å². The Morgan fingerprint density at radius 3 is 2.33 bits per heavy atom. The first-order valence-corrected chi connectivity index (χ1v) is 10.0. The molecule has 0 unspecified atom stereocenters. The first kappa shape index (κ1) is 17.2. The van der Waals surface area contributed by atoms with Crippen LogP contribution in [0.1, 0.15) is 29.5 Å². The SMILES string of the molecule is Cc1ccc(C)c(S(=O)(=O)N2CCC(Cc3ccccc3)CC2)c1. The van der Waals surface area contributed by atoms with E-state index < -0.39 is 10.0 Å². The van der Waals surface area contributed by atoms with Crippen molar-refractivity contribution in [2.45, 2.75) is 38.0 Å². The van der Waals surface area contributed by atoms with Crippen molar-refractivity contribution in [2.24, 2.45) is 5.92 Å². The van der Waals surface area contributed by atoms with Crippen LogP contribution in [-0.4, -0.2) is 25.8 Å². The minimum absolute atomic E-state index is 0.462. The number of aryl methyl sites for hydroxylation is 2. The third-order valence-electron chi connectivity index (χ3n) is 4.90. The smallest absolute Gasteiger partial charge is 0.207 e. The molecule has 1 saturated heterocycles. The Hall–Kier alpha value is -1.65. The molecule has 0 spiro atoms. The third kappa shape index (κ3) is 3.70. The Bertz CT molecular complexity index is 792. The highest BCUT2D eigenvalue weighted by Crippen LogP contribution is 2.27. The fourth-order valence-electron chi connectivity index (χ4n) is 3.43. The zero-order chi connectivity index (χ0) is 17.2. The fraction of sp³-hybridized carbons (Fsp3) is 0.400.